The zero-order valence-electron chi connectivity index (χ0n) is 10.5. The van der Waals surface area contributed by atoms with Gasteiger partial charge in [-0.15, -0.1) is 0 Å². The minimum atomic E-state index is -0.433. The van der Waals surface area contributed by atoms with Gasteiger partial charge >= 0.3 is 5.97 Å². The number of carbonyl (C=O) groups excluding carboxylic acids is 1. The number of rotatable bonds is 4. The van der Waals surface area contributed by atoms with Crippen LogP contribution in [0.5, 0.6) is 0 Å². The van der Waals surface area contributed by atoms with Crippen molar-refractivity contribution in [3.8, 4) is 0 Å². The highest BCUT2D eigenvalue weighted by molar-refractivity contribution is 9.10. The lowest BCUT2D eigenvalue weighted by atomic mass is 10.3. The van der Waals surface area contributed by atoms with E-state index in [4.69, 9.17) is 11.6 Å². The Labute approximate surface area is 128 Å². The van der Waals surface area contributed by atoms with Gasteiger partial charge in [0.25, 0.3) is 0 Å². The van der Waals surface area contributed by atoms with E-state index in [1.54, 1.807) is 12.1 Å². The van der Waals surface area contributed by atoms with Crippen molar-refractivity contribution in [3.05, 3.63) is 51.0 Å². The smallest absolute Gasteiger partial charge is 0.354 e. The quantitative estimate of drug-likeness (QED) is 0.810. The molecule has 106 valence electrons. The summed E-state index contributed by atoms with van der Waals surface area (Å²) >= 11 is 9.20. The third-order valence-electron chi connectivity index (χ3n) is 2.61. The molecule has 0 aliphatic carbocycles. The molecular weight excluding hydrogens is 351 g/mol. The predicted molar refractivity (Wildman–Crippen MR) is 78.6 cm³/mol. The lowest BCUT2D eigenvalue weighted by Gasteiger charge is -2.10. The molecule has 0 radical (unpaired) electrons. The second kappa shape index (κ2) is 6.28. The molecule has 0 aliphatic heterocycles. The van der Waals surface area contributed by atoms with Crippen LogP contribution in [0.25, 0.3) is 0 Å². The van der Waals surface area contributed by atoms with Gasteiger partial charge in [0.15, 0.2) is 0 Å². The van der Waals surface area contributed by atoms with Crippen molar-refractivity contribution in [1.82, 2.24) is 4.98 Å². The van der Waals surface area contributed by atoms with E-state index >= 15 is 0 Å². The Morgan fingerprint density at radius 3 is 2.90 bits per heavy atom. The van der Waals surface area contributed by atoms with Gasteiger partial charge in [0.1, 0.15) is 11.5 Å². The Morgan fingerprint density at radius 2 is 2.25 bits per heavy atom. The number of hydrogen-bond acceptors (Lipinski definition) is 3. The maximum absolute atomic E-state index is 13.1. The van der Waals surface area contributed by atoms with E-state index < -0.39 is 11.8 Å². The number of halogens is 3. The molecule has 0 fully saturated rings. The molecule has 0 saturated carbocycles. The highest BCUT2D eigenvalue weighted by atomic mass is 79.9. The zero-order valence-corrected chi connectivity index (χ0v) is 12.8. The average molecular weight is 362 g/mol. The summed E-state index contributed by atoms with van der Waals surface area (Å²) in [5, 5.41) is 3.34. The molecule has 0 unspecified atom stereocenters. The first-order valence-electron chi connectivity index (χ1n) is 5.66. The Bertz CT molecular complexity index is 622. The molecule has 0 atom stereocenters. The van der Waals surface area contributed by atoms with Crippen LogP contribution in [0.1, 0.15) is 16.2 Å². The number of methoxy groups -OCH3 is 1. The van der Waals surface area contributed by atoms with Gasteiger partial charge in [-0.3, -0.25) is 0 Å². The minimum Gasteiger partial charge on any atom is -0.464 e. The lowest BCUT2D eigenvalue weighted by molar-refractivity contribution is 0.0594. The molecule has 0 aliphatic rings. The molecule has 2 N–H and O–H groups in total. The second-order valence-electron chi connectivity index (χ2n) is 3.99. The molecule has 0 bridgehead atoms. The molecule has 4 nitrogen and oxygen atoms in total. The third kappa shape index (κ3) is 3.32. The van der Waals surface area contributed by atoms with Crippen molar-refractivity contribution in [2.75, 3.05) is 12.4 Å². The summed E-state index contributed by atoms with van der Waals surface area (Å²) in [6.45, 7) is 0.404. The molecule has 2 rings (SSSR count). The third-order valence-corrected chi connectivity index (χ3v) is 3.54. The van der Waals surface area contributed by atoms with E-state index in [2.05, 4.69) is 31.0 Å². The van der Waals surface area contributed by atoms with Gasteiger partial charge in [-0.1, -0.05) is 11.6 Å². The number of hydrogen-bond donors (Lipinski definition) is 2. The second-order valence-corrected chi connectivity index (χ2v) is 5.25. The van der Waals surface area contributed by atoms with Crippen LogP contribution in [-0.4, -0.2) is 18.1 Å². The van der Waals surface area contributed by atoms with Crippen LogP contribution < -0.4 is 5.32 Å². The first-order chi connectivity index (χ1) is 9.51. The van der Waals surface area contributed by atoms with Crippen LogP contribution in [0.4, 0.5) is 10.1 Å². The molecule has 20 heavy (non-hydrogen) atoms. The minimum absolute atomic E-state index is 0.275. The van der Waals surface area contributed by atoms with Crippen LogP contribution >= 0.6 is 27.5 Å². The molecule has 7 heteroatoms. The molecule has 1 heterocycles. The van der Waals surface area contributed by atoms with Crippen LogP contribution in [0.2, 0.25) is 5.02 Å². The summed E-state index contributed by atoms with van der Waals surface area (Å²) in [6, 6.07) is 5.93. The summed E-state index contributed by atoms with van der Waals surface area (Å²) < 4.78 is 18.2. The topological polar surface area (TPSA) is 54.1 Å². The number of aromatic nitrogens is 1. The number of carbonyl (C=O) groups is 1. The van der Waals surface area contributed by atoms with Crippen LogP contribution in [0.3, 0.4) is 0 Å². The summed E-state index contributed by atoms with van der Waals surface area (Å²) in [6.07, 6.45) is 0. The van der Waals surface area contributed by atoms with Crippen LogP contribution in [0, 0.1) is 5.82 Å². The number of H-pyrrole nitrogens is 1. The highest BCUT2D eigenvalue weighted by Crippen LogP contribution is 2.31. The van der Waals surface area contributed by atoms with Crippen molar-refractivity contribution >= 4 is 39.2 Å². The van der Waals surface area contributed by atoms with E-state index in [0.717, 1.165) is 5.69 Å². The number of benzene rings is 1. The van der Waals surface area contributed by atoms with Gasteiger partial charge < -0.3 is 15.0 Å². The number of nitrogens with one attached hydrogen (secondary N) is 2. The van der Waals surface area contributed by atoms with Gasteiger partial charge in [0.2, 0.25) is 0 Å². The fourth-order valence-corrected chi connectivity index (χ4v) is 2.63. The van der Waals surface area contributed by atoms with E-state index in [1.807, 2.05) is 0 Å². The van der Waals surface area contributed by atoms with Crippen molar-refractivity contribution in [3.63, 3.8) is 0 Å². The van der Waals surface area contributed by atoms with Crippen molar-refractivity contribution in [2.24, 2.45) is 0 Å². The Balaban J connectivity index is 2.09. The van der Waals surface area contributed by atoms with Crippen LogP contribution in [-0.2, 0) is 11.3 Å². The van der Waals surface area contributed by atoms with Crippen molar-refractivity contribution < 1.29 is 13.9 Å². The monoisotopic (exact) mass is 360 g/mol. The van der Waals surface area contributed by atoms with Crippen LogP contribution in [0.15, 0.2) is 28.7 Å². The first-order valence-corrected chi connectivity index (χ1v) is 6.83. The molecule has 0 amide bonds. The molecule has 1 aromatic heterocycles. The molecule has 1 aromatic carbocycles. The standard InChI is InChI=1S/C13H11BrClFN2O2/c1-20-13(19)11-3-2-8(18-11)6-17-12-9(14)4-7(16)5-10(12)15/h2-5,17-18H,6H2,1H3. The van der Waals surface area contributed by atoms with Gasteiger partial charge in [-0.2, -0.15) is 0 Å². The SMILES string of the molecule is COC(=O)c1ccc(CNc2c(Cl)cc(F)cc2Br)[nH]1. The molecule has 0 saturated heterocycles. The summed E-state index contributed by atoms with van der Waals surface area (Å²) in [5.74, 6) is -0.850. The number of anilines is 1. The fourth-order valence-electron chi connectivity index (χ4n) is 1.67. The number of ether oxygens (including phenoxy) is 1. The number of esters is 1. The summed E-state index contributed by atoms with van der Waals surface area (Å²) in [4.78, 5) is 14.2. The van der Waals surface area contributed by atoms with Crippen molar-refractivity contribution in [2.45, 2.75) is 6.54 Å². The van der Waals surface area contributed by atoms with E-state index in [0.29, 0.717) is 22.4 Å². The average Bonchev–Trinajstić information content (AvgIpc) is 2.85. The largest absolute Gasteiger partial charge is 0.464 e. The first kappa shape index (κ1) is 14.9. The molecule has 0 spiro atoms. The Kier molecular flexibility index (Phi) is 4.67. The maximum atomic E-state index is 13.1. The van der Waals surface area contributed by atoms with Gasteiger partial charge in [0.05, 0.1) is 24.4 Å². The summed E-state index contributed by atoms with van der Waals surface area (Å²) in [5.41, 5.74) is 1.73. The zero-order chi connectivity index (χ0) is 14.7. The maximum Gasteiger partial charge on any atom is 0.354 e. The normalized spacial score (nSPS) is 10.4. The van der Waals surface area contributed by atoms with E-state index in [-0.39, 0.29) is 5.02 Å². The fraction of sp³-hybridized carbons (Fsp3) is 0.154. The van der Waals surface area contributed by atoms with E-state index in [1.165, 1.54) is 19.2 Å². The lowest BCUT2D eigenvalue weighted by Crippen LogP contribution is -2.04. The summed E-state index contributed by atoms with van der Waals surface area (Å²) in [7, 11) is 1.32. The Morgan fingerprint density at radius 1 is 1.50 bits per heavy atom. The van der Waals surface area contributed by atoms with Gasteiger partial charge in [-0.05, 0) is 40.2 Å². The Hall–Kier alpha value is -1.53. The van der Waals surface area contributed by atoms with Gasteiger partial charge in [-0.25, -0.2) is 9.18 Å². The predicted octanol–water partition coefficient (Wildman–Crippen LogP) is 3.97. The van der Waals surface area contributed by atoms with Gasteiger partial charge in [0, 0.05) is 10.2 Å². The van der Waals surface area contributed by atoms with Crippen molar-refractivity contribution in [1.29, 1.82) is 0 Å². The molecular formula is C13H11BrClFN2O2. The van der Waals surface area contributed by atoms with E-state index in [9.17, 15) is 9.18 Å². The number of aromatic amines is 1. The highest BCUT2D eigenvalue weighted by Gasteiger charge is 2.10. The molecule has 2 aromatic rings.